The summed E-state index contributed by atoms with van der Waals surface area (Å²) in [6.45, 7) is 2.50. The van der Waals surface area contributed by atoms with Gasteiger partial charge in [-0.3, -0.25) is 0 Å². The number of rotatable bonds is 4. The van der Waals surface area contributed by atoms with E-state index in [-0.39, 0.29) is 16.3 Å². The lowest BCUT2D eigenvalue weighted by Gasteiger charge is -2.09. The molecule has 0 aliphatic heterocycles. The molecule has 0 saturated carbocycles. The third kappa shape index (κ3) is 3.20. The Bertz CT molecular complexity index is 590. The van der Waals surface area contributed by atoms with E-state index in [0.29, 0.717) is 12.4 Å². The van der Waals surface area contributed by atoms with E-state index in [1.807, 2.05) is 6.92 Å². The van der Waals surface area contributed by atoms with Gasteiger partial charge < -0.3 is 4.74 Å². The molecular formula is C14H12ClF2NO. The Morgan fingerprint density at radius 2 is 2.00 bits per heavy atom. The van der Waals surface area contributed by atoms with Crippen molar-refractivity contribution in [1.29, 1.82) is 0 Å². The fourth-order valence-corrected chi connectivity index (χ4v) is 1.84. The van der Waals surface area contributed by atoms with Gasteiger partial charge in [-0.15, -0.1) is 0 Å². The molecule has 0 amide bonds. The molecule has 0 saturated heterocycles. The number of ether oxygens (including phenoxy) is 1. The van der Waals surface area contributed by atoms with Crippen LogP contribution in [0.1, 0.15) is 13.3 Å². The van der Waals surface area contributed by atoms with E-state index in [9.17, 15) is 8.78 Å². The normalized spacial score (nSPS) is 10.5. The summed E-state index contributed by atoms with van der Waals surface area (Å²) < 4.78 is 32.4. The Labute approximate surface area is 115 Å². The smallest absolute Gasteiger partial charge is 0.142 e. The molecular weight excluding hydrogens is 272 g/mol. The summed E-state index contributed by atoms with van der Waals surface area (Å²) in [6.07, 6.45) is 1.83. The van der Waals surface area contributed by atoms with Crippen molar-refractivity contribution in [3.63, 3.8) is 0 Å². The first-order valence-corrected chi connectivity index (χ1v) is 6.23. The second-order valence-corrected chi connectivity index (χ2v) is 4.34. The van der Waals surface area contributed by atoms with Crippen LogP contribution in [0.2, 0.25) is 5.15 Å². The van der Waals surface area contributed by atoms with Gasteiger partial charge >= 0.3 is 0 Å². The van der Waals surface area contributed by atoms with Crippen molar-refractivity contribution >= 4 is 11.6 Å². The minimum atomic E-state index is -0.571. The van der Waals surface area contributed by atoms with Crippen LogP contribution in [-0.4, -0.2) is 11.6 Å². The number of halogens is 3. The molecule has 0 bridgehead atoms. The average molecular weight is 284 g/mol. The summed E-state index contributed by atoms with van der Waals surface area (Å²) in [5.41, 5.74) is 0.381. The number of aromatic nitrogens is 1. The molecule has 1 heterocycles. The van der Waals surface area contributed by atoms with Crippen molar-refractivity contribution < 1.29 is 13.5 Å². The zero-order valence-electron chi connectivity index (χ0n) is 10.3. The SMILES string of the molecule is CCCOc1ccc(F)c(-c2cc(F)cnc2Cl)c1. The van der Waals surface area contributed by atoms with Crippen LogP contribution in [0.15, 0.2) is 30.5 Å². The Morgan fingerprint density at radius 1 is 1.21 bits per heavy atom. The van der Waals surface area contributed by atoms with Crippen molar-refractivity contribution in [2.24, 2.45) is 0 Å². The summed E-state index contributed by atoms with van der Waals surface area (Å²) in [5, 5.41) is 0.0490. The monoisotopic (exact) mass is 283 g/mol. The first-order valence-electron chi connectivity index (χ1n) is 5.85. The maximum absolute atomic E-state index is 13.8. The molecule has 0 aliphatic carbocycles. The largest absolute Gasteiger partial charge is 0.494 e. The van der Waals surface area contributed by atoms with Gasteiger partial charge in [-0.25, -0.2) is 13.8 Å². The molecule has 0 unspecified atom stereocenters. The number of nitrogens with zero attached hydrogens (tertiary/aromatic N) is 1. The van der Waals surface area contributed by atoms with Gasteiger partial charge in [-0.05, 0) is 30.7 Å². The molecule has 100 valence electrons. The van der Waals surface area contributed by atoms with E-state index in [0.717, 1.165) is 18.7 Å². The van der Waals surface area contributed by atoms with Crippen LogP contribution in [0, 0.1) is 11.6 Å². The van der Waals surface area contributed by atoms with Crippen LogP contribution < -0.4 is 4.74 Å². The molecule has 0 atom stereocenters. The number of hydrogen-bond acceptors (Lipinski definition) is 2. The summed E-state index contributed by atoms with van der Waals surface area (Å²) in [6, 6.07) is 5.43. The van der Waals surface area contributed by atoms with Crippen LogP contribution in [0.25, 0.3) is 11.1 Å². The maximum Gasteiger partial charge on any atom is 0.142 e. The van der Waals surface area contributed by atoms with Gasteiger partial charge in [0.05, 0.1) is 12.8 Å². The van der Waals surface area contributed by atoms with Gasteiger partial charge in [0.25, 0.3) is 0 Å². The molecule has 1 aromatic carbocycles. The van der Waals surface area contributed by atoms with E-state index in [2.05, 4.69) is 4.98 Å². The van der Waals surface area contributed by atoms with Crippen molar-refractivity contribution in [3.8, 4) is 16.9 Å². The first-order chi connectivity index (χ1) is 9.11. The third-order valence-electron chi connectivity index (χ3n) is 2.51. The van der Waals surface area contributed by atoms with Gasteiger partial charge in [0.15, 0.2) is 0 Å². The highest BCUT2D eigenvalue weighted by Gasteiger charge is 2.12. The van der Waals surface area contributed by atoms with Crippen LogP contribution >= 0.6 is 11.6 Å². The second kappa shape index (κ2) is 5.97. The lowest BCUT2D eigenvalue weighted by atomic mass is 10.1. The molecule has 2 nitrogen and oxygen atoms in total. The second-order valence-electron chi connectivity index (χ2n) is 3.98. The zero-order valence-corrected chi connectivity index (χ0v) is 11.0. The van der Waals surface area contributed by atoms with Gasteiger partial charge in [0.1, 0.15) is 22.5 Å². The molecule has 2 aromatic rings. The minimum absolute atomic E-state index is 0.0490. The van der Waals surface area contributed by atoms with Gasteiger partial charge in [0, 0.05) is 11.1 Å². The van der Waals surface area contributed by atoms with Crippen molar-refractivity contribution in [2.45, 2.75) is 13.3 Å². The molecule has 0 fully saturated rings. The van der Waals surface area contributed by atoms with Crippen LogP contribution in [0.3, 0.4) is 0 Å². The van der Waals surface area contributed by atoms with Gasteiger partial charge in [-0.1, -0.05) is 18.5 Å². The number of hydrogen-bond donors (Lipinski definition) is 0. The van der Waals surface area contributed by atoms with Crippen LogP contribution in [0.5, 0.6) is 5.75 Å². The van der Waals surface area contributed by atoms with E-state index in [4.69, 9.17) is 16.3 Å². The molecule has 0 radical (unpaired) electrons. The van der Waals surface area contributed by atoms with Crippen molar-refractivity contribution in [3.05, 3.63) is 47.2 Å². The van der Waals surface area contributed by atoms with Crippen LogP contribution in [-0.2, 0) is 0 Å². The number of benzene rings is 1. The summed E-state index contributed by atoms with van der Waals surface area (Å²) in [7, 11) is 0. The molecule has 0 aliphatic rings. The molecule has 19 heavy (non-hydrogen) atoms. The molecule has 0 N–H and O–H groups in total. The van der Waals surface area contributed by atoms with Crippen LogP contribution in [0.4, 0.5) is 8.78 Å². The Balaban J connectivity index is 2.45. The summed E-state index contributed by atoms with van der Waals surface area (Å²) in [5.74, 6) is -0.560. The lowest BCUT2D eigenvalue weighted by Crippen LogP contribution is -1.96. The maximum atomic E-state index is 13.8. The van der Waals surface area contributed by atoms with E-state index in [1.165, 1.54) is 18.2 Å². The Hall–Kier alpha value is -1.68. The molecule has 1 aromatic heterocycles. The topological polar surface area (TPSA) is 22.1 Å². The predicted octanol–water partition coefficient (Wildman–Crippen LogP) is 4.47. The lowest BCUT2D eigenvalue weighted by molar-refractivity contribution is 0.317. The fourth-order valence-electron chi connectivity index (χ4n) is 1.63. The summed E-state index contributed by atoms with van der Waals surface area (Å²) in [4.78, 5) is 3.67. The molecule has 5 heteroatoms. The standard InChI is InChI=1S/C14H12ClF2NO/c1-2-5-19-10-3-4-13(17)11(7-10)12-6-9(16)8-18-14(12)15/h3-4,6-8H,2,5H2,1H3. The average Bonchev–Trinajstić information content (AvgIpc) is 2.41. The number of pyridine rings is 1. The third-order valence-corrected chi connectivity index (χ3v) is 2.81. The highest BCUT2D eigenvalue weighted by molar-refractivity contribution is 6.32. The predicted molar refractivity (Wildman–Crippen MR) is 70.4 cm³/mol. The van der Waals surface area contributed by atoms with Gasteiger partial charge in [-0.2, -0.15) is 0 Å². The summed E-state index contributed by atoms with van der Waals surface area (Å²) >= 11 is 5.87. The molecule has 0 spiro atoms. The highest BCUT2D eigenvalue weighted by Crippen LogP contribution is 2.31. The first kappa shape index (κ1) is 13.7. The minimum Gasteiger partial charge on any atom is -0.494 e. The fraction of sp³-hybridized carbons (Fsp3) is 0.214. The van der Waals surface area contributed by atoms with Gasteiger partial charge in [0.2, 0.25) is 0 Å². The van der Waals surface area contributed by atoms with E-state index >= 15 is 0 Å². The zero-order chi connectivity index (χ0) is 13.8. The Kier molecular flexibility index (Phi) is 4.32. The van der Waals surface area contributed by atoms with E-state index in [1.54, 1.807) is 0 Å². The van der Waals surface area contributed by atoms with E-state index < -0.39 is 11.6 Å². The highest BCUT2D eigenvalue weighted by atomic mass is 35.5. The quantitative estimate of drug-likeness (QED) is 0.773. The van der Waals surface area contributed by atoms with Crippen molar-refractivity contribution in [2.75, 3.05) is 6.61 Å². The Morgan fingerprint density at radius 3 is 2.74 bits per heavy atom. The van der Waals surface area contributed by atoms with Crippen molar-refractivity contribution in [1.82, 2.24) is 4.98 Å². The molecule has 2 rings (SSSR count).